The minimum atomic E-state index is 0. The van der Waals surface area contributed by atoms with Crippen LogP contribution in [-0.4, -0.2) is 18.5 Å². The van der Waals surface area contributed by atoms with Gasteiger partial charge in [-0.15, -0.1) is 12.4 Å². The molecule has 2 atom stereocenters. The zero-order valence-electron chi connectivity index (χ0n) is 10.4. The molecule has 0 bridgehead atoms. The lowest BCUT2D eigenvalue weighted by Gasteiger charge is -2.18. The zero-order valence-corrected chi connectivity index (χ0v) is 11.2. The third-order valence-electron chi connectivity index (χ3n) is 3.35. The molecule has 1 unspecified atom stereocenters. The largest absolute Gasteiger partial charge is 0.352 e. The van der Waals surface area contributed by atoms with E-state index in [-0.39, 0.29) is 30.3 Å². The molecule has 0 aromatic carbocycles. The van der Waals surface area contributed by atoms with Crippen LogP contribution in [0.3, 0.4) is 0 Å². The second-order valence-electron chi connectivity index (χ2n) is 4.93. The van der Waals surface area contributed by atoms with E-state index < -0.39 is 0 Å². The molecule has 1 aliphatic carbocycles. The molecule has 0 heterocycles. The number of nitrogens with two attached hydrogens (primary N) is 1. The van der Waals surface area contributed by atoms with Crippen LogP contribution in [-0.2, 0) is 4.79 Å². The summed E-state index contributed by atoms with van der Waals surface area (Å²) in [5.41, 5.74) is 5.47. The highest BCUT2D eigenvalue weighted by molar-refractivity contribution is 5.85. The highest BCUT2D eigenvalue weighted by Crippen LogP contribution is 2.30. The number of carbonyl (C=O) groups excluding carboxylic acids is 1. The van der Waals surface area contributed by atoms with E-state index in [0.29, 0.717) is 6.54 Å². The van der Waals surface area contributed by atoms with Crippen LogP contribution in [0.25, 0.3) is 0 Å². The van der Waals surface area contributed by atoms with E-state index >= 15 is 0 Å². The van der Waals surface area contributed by atoms with Crippen LogP contribution in [0.5, 0.6) is 0 Å². The van der Waals surface area contributed by atoms with Crippen molar-refractivity contribution in [3.05, 3.63) is 0 Å². The van der Waals surface area contributed by atoms with Crippen LogP contribution in [0.15, 0.2) is 0 Å². The Labute approximate surface area is 105 Å². The standard InChI is InChI=1S/C12H24N2O.ClH/c1-9(7-11-5-3-4-6-11)12(15)14-10(2)8-13;/h9-11H,3-8,13H2,1-2H3,(H,14,15);1H/t9?,10-;/m1./s1. The van der Waals surface area contributed by atoms with E-state index in [0.717, 1.165) is 12.3 Å². The molecule has 3 nitrogen and oxygen atoms in total. The molecule has 1 rings (SSSR count). The van der Waals surface area contributed by atoms with E-state index in [2.05, 4.69) is 5.32 Å². The molecule has 1 aliphatic rings. The van der Waals surface area contributed by atoms with Gasteiger partial charge in [0.05, 0.1) is 0 Å². The summed E-state index contributed by atoms with van der Waals surface area (Å²) < 4.78 is 0. The average Bonchev–Trinajstić information content (AvgIpc) is 2.70. The Hall–Kier alpha value is -0.280. The number of rotatable bonds is 5. The van der Waals surface area contributed by atoms with Gasteiger partial charge in [-0.05, 0) is 19.3 Å². The average molecular weight is 249 g/mol. The summed E-state index contributed by atoms with van der Waals surface area (Å²) in [5.74, 6) is 1.08. The van der Waals surface area contributed by atoms with Crippen molar-refractivity contribution in [3.8, 4) is 0 Å². The molecule has 1 saturated carbocycles. The molecule has 0 saturated heterocycles. The maximum Gasteiger partial charge on any atom is 0.223 e. The van der Waals surface area contributed by atoms with Gasteiger partial charge in [0.15, 0.2) is 0 Å². The lowest BCUT2D eigenvalue weighted by Crippen LogP contribution is -2.40. The highest BCUT2D eigenvalue weighted by Gasteiger charge is 2.22. The lowest BCUT2D eigenvalue weighted by atomic mass is 9.94. The minimum Gasteiger partial charge on any atom is -0.352 e. The first kappa shape index (κ1) is 15.7. The molecule has 3 N–H and O–H groups in total. The summed E-state index contributed by atoms with van der Waals surface area (Å²) in [6.07, 6.45) is 6.35. The van der Waals surface area contributed by atoms with E-state index in [1.165, 1.54) is 25.7 Å². The van der Waals surface area contributed by atoms with Gasteiger partial charge in [-0.2, -0.15) is 0 Å². The normalized spacial score (nSPS) is 19.9. The Bertz CT molecular complexity index is 205. The summed E-state index contributed by atoms with van der Waals surface area (Å²) in [5, 5.41) is 2.94. The Balaban J connectivity index is 0.00000225. The van der Waals surface area contributed by atoms with Gasteiger partial charge in [-0.25, -0.2) is 0 Å². The molecule has 96 valence electrons. The van der Waals surface area contributed by atoms with Gasteiger partial charge in [0.25, 0.3) is 0 Å². The van der Waals surface area contributed by atoms with E-state index in [9.17, 15) is 4.79 Å². The van der Waals surface area contributed by atoms with Gasteiger partial charge in [0.2, 0.25) is 5.91 Å². The number of nitrogens with one attached hydrogen (secondary N) is 1. The maximum absolute atomic E-state index is 11.7. The van der Waals surface area contributed by atoms with Gasteiger partial charge in [-0.1, -0.05) is 32.6 Å². The topological polar surface area (TPSA) is 55.1 Å². The van der Waals surface area contributed by atoms with Crippen LogP contribution in [0.4, 0.5) is 0 Å². The van der Waals surface area contributed by atoms with E-state index in [1.54, 1.807) is 0 Å². The Morgan fingerprint density at radius 3 is 2.44 bits per heavy atom. The summed E-state index contributed by atoms with van der Waals surface area (Å²) in [6.45, 7) is 4.49. The van der Waals surface area contributed by atoms with Crippen molar-refractivity contribution >= 4 is 18.3 Å². The fourth-order valence-corrected chi connectivity index (χ4v) is 2.30. The SMILES string of the molecule is CC(CC1CCCC1)C(=O)N[C@H](C)CN.Cl. The lowest BCUT2D eigenvalue weighted by molar-refractivity contribution is -0.125. The molecule has 0 aliphatic heterocycles. The molecular formula is C12H25ClN2O. The van der Waals surface area contributed by atoms with Gasteiger partial charge in [0.1, 0.15) is 0 Å². The molecule has 0 radical (unpaired) electrons. The second-order valence-corrected chi connectivity index (χ2v) is 4.93. The summed E-state index contributed by atoms with van der Waals surface area (Å²) in [4.78, 5) is 11.7. The molecule has 16 heavy (non-hydrogen) atoms. The van der Waals surface area contributed by atoms with Crippen molar-refractivity contribution in [2.45, 2.75) is 52.0 Å². The first-order valence-corrected chi connectivity index (χ1v) is 6.14. The number of carbonyl (C=O) groups is 1. The second kappa shape index (κ2) is 7.91. The molecule has 1 amide bonds. The van der Waals surface area contributed by atoms with Crippen molar-refractivity contribution in [3.63, 3.8) is 0 Å². The summed E-state index contributed by atoms with van der Waals surface area (Å²) in [6, 6.07) is 0.100. The maximum atomic E-state index is 11.7. The molecule has 0 aromatic heterocycles. The van der Waals surface area contributed by atoms with Crippen molar-refractivity contribution in [1.82, 2.24) is 5.32 Å². The third kappa shape index (κ3) is 5.17. The van der Waals surface area contributed by atoms with Gasteiger partial charge in [0, 0.05) is 18.5 Å². The van der Waals surface area contributed by atoms with E-state index in [1.807, 2.05) is 13.8 Å². The van der Waals surface area contributed by atoms with Crippen molar-refractivity contribution in [1.29, 1.82) is 0 Å². The van der Waals surface area contributed by atoms with Gasteiger partial charge >= 0.3 is 0 Å². The van der Waals surface area contributed by atoms with Gasteiger partial charge in [-0.3, -0.25) is 4.79 Å². The van der Waals surface area contributed by atoms with Crippen LogP contribution in [0.2, 0.25) is 0 Å². The molecular weight excluding hydrogens is 224 g/mol. The van der Waals surface area contributed by atoms with Crippen LogP contribution < -0.4 is 11.1 Å². The van der Waals surface area contributed by atoms with Crippen molar-refractivity contribution in [2.75, 3.05) is 6.54 Å². The van der Waals surface area contributed by atoms with Crippen molar-refractivity contribution < 1.29 is 4.79 Å². The predicted octanol–water partition coefficient (Wildman–Crippen LogP) is 2.09. The quantitative estimate of drug-likeness (QED) is 0.783. The number of amides is 1. The molecule has 0 aromatic rings. The molecule has 0 spiro atoms. The summed E-state index contributed by atoms with van der Waals surface area (Å²) >= 11 is 0. The number of halogens is 1. The first-order chi connectivity index (χ1) is 7.13. The fraction of sp³-hybridized carbons (Fsp3) is 0.917. The Morgan fingerprint density at radius 1 is 1.38 bits per heavy atom. The number of hydrogen-bond donors (Lipinski definition) is 2. The van der Waals surface area contributed by atoms with Crippen molar-refractivity contribution in [2.24, 2.45) is 17.6 Å². The first-order valence-electron chi connectivity index (χ1n) is 6.14. The Morgan fingerprint density at radius 2 is 1.94 bits per heavy atom. The predicted molar refractivity (Wildman–Crippen MR) is 69.6 cm³/mol. The van der Waals surface area contributed by atoms with Crippen LogP contribution in [0, 0.1) is 11.8 Å². The molecule has 1 fully saturated rings. The smallest absolute Gasteiger partial charge is 0.223 e. The van der Waals surface area contributed by atoms with Crippen LogP contribution in [0.1, 0.15) is 46.0 Å². The fourth-order valence-electron chi connectivity index (χ4n) is 2.30. The van der Waals surface area contributed by atoms with Gasteiger partial charge < -0.3 is 11.1 Å². The third-order valence-corrected chi connectivity index (χ3v) is 3.35. The monoisotopic (exact) mass is 248 g/mol. The minimum absolute atomic E-state index is 0. The van der Waals surface area contributed by atoms with E-state index in [4.69, 9.17) is 5.73 Å². The van der Waals surface area contributed by atoms with Crippen LogP contribution >= 0.6 is 12.4 Å². The highest BCUT2D eigenvalue weighted by atomic mass is 35.5. The summed E-state index contributed by atoms with van der Waals surface area (Å²) in [7, 11) is 0. The Kier molecular flexibility index (Phi) is 7.77. The number of hydrogen-bond acceptors (Lipinski definition) is 2. The zero-order chi connectivity index (χ0) is 11.3. The molecule has 4 heteroatoms.